The van der Waals surface area contributed by atoms with Gasteiger partial charge in [0.25, 0.3) is 0 Å². The molecule has 0 aliphatic carbocycles. The summed E-state index contributed by atoms with van der Waals surface area (Å²) in [6.07, 6.45) is 2.23. The zero-order chi connectivity index (χ0) is 7.56. The normalized spacial score (nSPS) is 30.2. The van der Waals surface area contributed by atoms with Gasteiger partial charge in [-0.1, -0.05) is 0 Å². The van der Waals surface area contributed by atoms with Gasteiger partial charge in [-0.3, -0.25) is 4.79 Å². The topological polar surface area (TPSA) is 20.3 Å². The van der Waals surface area contributed by atoms with E-state index in [0.717, 1.165) is 13.0 Å². The van der Waals surface area contributed by atoms with Gasteiger partial charge in [0.2, 0.25) is 0 Å². The van der Waals surface area contributed by atoms with Gasteiger partial charge in [-0.15, -0.1) is 0 Å². The zero-order valence-corrected chi connectivity index (χ0v) is 6.90. The molecule has 1 unspecified atom stereocenters. The lowest BCUT2D eigenvalue weighted by Crippen LogP contribution is -2.23. The third-order valence-corrected chi connectivity index (χ3v) is 2.33. The molecule has 2 nitrogen and oxygen atoms in total. The van der Waals surface area contributed by atoms with E-state index >= 15 is 0 Å². The number of nitrogens with zero attached hydrogens (tertiary/aromatic N) is 1. The molecule has 0 aromatic rings. The first-order valence-electron chi connectivity index (χ1n) is 3.64. The lowest BCUT2D eigenvalue weighted by Gasteiger charge is -2.16. The van der Waals surface area contributed by atoms with Crippen molar-refractivity contribution in [2.75, 3.05) is 6.54 Å². The van der Waals surface area contributed by atoms with Gasteiger partial charge in [0.05, 0.1) is 0 Å². The zero-order valence-electron chi connectivity index (χ0n) is 6.14. The lowest BCUT2D eigenvalue weighted by atomic mass is 10.1. The number of carbonyl (C=O) groups is 1. The Kier molecular flexibility index (Phi) is 2.69. The summed E-state index contributed by atoms with van der Waals surface area (Å²) in [6.45, 7) is 2.82. The Balaban J connectivity index is 2.49. The van der Waals surface area contributed by atoms with Gasteiger partial charge in [-0.2, -0.15) is 0 Å². The second-order valence-electron chi connectivity index (χ2n) is 2.82. The fourth-order valence-electron chi connectivity index (χ4n) is 1.18. The van der Waals surface area contributed by atoms with Crippen LogP contribution in [0.25, 0.3) is 0 Å². The molecule has 10 heavy (non-hydrogen) atoms. The maximum absolute atomic E-state index is 11.0. The van der Waals surface area contributed by atoms with Crippen molar-refractivity contribution >= 4 is 17.6 Å². The Morgan fingerprint density at radius 2 is 2.40 bits per heavy atom. The van der Waals surface area contributed by atoms with E-state index in [1.54, 1.807) is 4.42 Å². The van der Waals surface area contributed by atoms with Crippen LogP contribution in [0.2, 0.25) is 0 Å². The predicted octanol–water partition coefficient (Wildman–Crippen LogP) is 1.58. The van der Waals surface area contributed by atoms with Crippen LogP contribution in [-0.4, -0.2) is 22.8 Å². The standard InChI is InChI=1S/C7H12ClNO/c1-6-5-7(10)3-2-4-9(6)8/h6H,2-5H2,1H3. The van der Waals surface area contributed by atoms with E-state index in [1.807, 2.05) is 6.92 Å². The van der Waals surface area contributed by atoms with E-state index < -0.39 is 0 Å². The summed E-state index contributed by atoms with van der Waals surface area (Å²) < 4.78 is 1.73. The van der Waals surface area contributed by atoms with E-state index in [0.29, 0.717) is 18.6 Å². The molecule has 0 aromatic carbocycles. The number of rotatable bonds is 0. The molecule has 1 fully saturated rings. The summed E-state index contributed by atoms with van der Waals surface area (Å²) >= 11 is 5.82. The van der Waals surface area contributed by atoms with Crippen molar-refractivity contribution < 1.29 is 4.79 Å². The molecule has 1 heterocycles. The average Bonchev–Trinajstić information content (AvgIpc) is 1.96. The molecule has 1 aliphatic rings. The van der Waals surface area contributed by atoms with E-state index in [2.05, 4.69) is 0 Å². The minimum absolute atomic E-state index is 0.219. The van der Waals surface area contributed by atoms with Crippen LogP contribution in [0.1, 0.15) is 26.2 Å². The SMILES string of the molecule is CC1CC(=O)CCCN1Cl. The Morgan fingerprint density at radius 1 is 1.70 bits per heavy atom. The van der Waals surface area contributed by atoms with Crippen LogP contribution in [-0.2, 0) is 4.79 Å². The van der Waals surface area contributed by atoms with E-state index in [9.17, 15) is 4.79 Å². The number of Topliss-reactive ketones (excluding diaryl/α,β-unsaturated/α-hetero) is 1. The lowest BCUT2D eigenvalue weighted by molar-refractivity contribution is -0.119. The molecule has 3 heteroatoms. The molecule has 1 aliphatic heterocycles. The van der Waals surface area contributed by atoms with Gasteiger partial charge in [0.1, 0.15) is 5.78 Å². The van der Waals surface area contributed by atoms with Crippen LogP contribution in [0.3, 0.4) is 0 Å². The van der Waals surface area contributed by atoms with Crippen LogP contribution < -0.4 is 0 Å². The highest BCUT2D eigenvalue weighted by molar-refractivity contribution is 6.13. The van der Waals surface area contributed by atoms with Crippen molar-refractivity contribution in [1.82, 2.24) is 4.42 Å². The maximum atomic E-state index is 11.0. The van der Waals surface area contributed by atoms with Crippen LogP contribution in [0.5, 0.6) is 0 Å². The molecule has 58 valence electrons. The number of halogens is 1. The van der Waals surface area contributed by atoms with Gasteiger partial charge in [0.15, 0.2) is 0 Å². The molecule has 1 saturated heterocycles. The van der Waals surface area contributed by atoms with Gasteiger partial charge in [-0.25, -0.2) is 4.42 Å². The summed E-state index contributed by atoms with van der Waals surface area (Å²) in [5.41, 5.74) is 0. The van der Waals surface area contributed by atoms with Gasteiger partial charge >= 0.3 is 0 Å². The quantitative estimate of drug-likeness (QED) is 0.503. The first kappa shape index (κ1) is 8.02. The summed E-state index contributed by atoms with van der Waals surface area (Å²) in [4.78, 5) is 11.0. The molecule has 0 N–H and O–H groups in total. The highest BCUT2D eigenvalue weighted by atomic mass is 35.5. The fourth-order valence-corrected chi connectivity index (χ4v) is 1.37. The molecular formula is C7H12ClNO. The maximum Gasteiger partial charge on any atom is 0.134 e. The van der Waals surface area contributed by atoms with E-state index in [-0.39, 0.29) is 6.04 Å². The van der Waals surface area contributed by atoms with Crippen molar-refractivity contribution in [2.45, 2.75) is 32.2 Å². The molecule has 0 amide bonds. The van der Waals surface area contributed by atoms with Crippen LogP contribution >= 0.6 is 11.8 Å². The minimum atomic E-state index is 0.219. The molecule has 0 aromatic heterocycles. The van der Waals surface area contributed by atoms with Crippen molar-refractivity contribution in [3.63, 3.8) is 0 Å². The highest BCUT2D eigenvalue weighted by Gasteiger charge is 2.18. The van der Waals surface area contributed by atoms with Crippen molar-refractivity contribution in [1.29, 1.82) is 0 Å². The first-order chi connectivity index (χ1) is 4.70. The Hall–Kier alpha value is -0.0800. The second kappa shape index (κ2) is 3.35. The molecular weight excluding hydrogens is 150 g/mol. The average molecular weight is 162 g/mol. The first-order valence-corrected chi connectivity index (χ1v) is 3.98. The van der Waals surface area contributed by atoms with E-state index in [4.69, 9.17) is 11.8 Å². The monoisotopic (exact) mass is 161 g/mol. The van der Waals surface area contributed by atoms with Gasteiger partial charge in [0, 0.05) is 25.4 Å². The summed E-state index contributed by atoms with van der Waals surface area (Å²) in [7, 11) is 0. The minimum Gasteiger partial charge on any atom is -0.300 e. The van der Waals surface area contributed by atoms with Crippen LogP contribution in [0, 0.1) is 0 Å². The second-order valence-corrected chi connectivity index (χ2v) is 3.25. The van der Waals surface area contributed by atoms with Crippen LogP contribution in [0.15, 0.2) is 0 Å². The Labute approximate surface area is 66.3 Å². The number of hydrogen-bond acceptors (Lipinski definition) is 2. The molecule has 0 saturated carbocycles. The van der Waals surface area contributed by atoms with Gasteiger partial charge < -0.3 is 0 Å². The van der Waals surface area contributed by atoms with Crippen molar-refractivity contribution in [3.8, 4) is 0 Å². The number of carbonyl (C=O) groups excluding carboxylic acids is 1. The third kappa shape index (κ3) is 1.96. The van der Waals surface area contributed by atoms with Crippen molar-refractivity contribution in [3.05, 3.63) is 0 Å². The number of ketones is 1. The molecule has 0 bridgehead atoms. The van der Waals surface area contributed by atoms with Crippen molar-refractivity contribution in [2.24, 2.45) is 0 Å². The third-order valence-electron chi connectivity index (χ3n) is 1.83. The molecule has 0 spiro atoms. The fraction of sp³-hybridized carbons (Fsp3) is 0.857. The Bertz CT molecular complexity index is 138. The highest BCUT2D eigenvalue weighted by Crippen LogP contribution is 2.15. The number of hydrogen-bond donors (Lipinski definition) is 0. The summed E-state index contributed by atoms with van der Waals surface area (Å²) in [5, 5.41) is 0. The Morgan fingerprint density at radius 3 is 3.10 bits per heavy atom. The largest absolute Gasteiger partial charge is 0.300 e. The van der Waals surface area contributed by atoms with E-state index in [1.165, 1.54) is 0 Å². The smallest absolute Gasteiger partial charge is 0.134 e. The van der Waals surface area contributed by atoms with Gasteiger partial charge in [-0.05, 0) is 25.1 Å². The summed E-state index contributed by atoms with van der Waals surface area (Å²) in [5.74, 6) is 0.343. The molecule has 0 radical (unpaired) electrons. The van der Waals surface area contributed by atoms with Crippen LogP contribution in [0.4, 0.5) is 0 Å². The summed E-state index contributed by atoms with van der Waals surface area (Å²) in [6, 6.07) is 0.219. The predicted molar refractivity (Wildman–Crippen MR) is 40.9 cm³/mol. The molecule has 1 rings (SSSR count). The molecule has 1 atom stereocenters.